The Balaban J connectivity index is 3.95. The van der Waals surface area contributed by atoms with Gasteiger partial charge in [0.2, 0.25) is 5.91 Å². The molecule has 0 atom stereocenters. The van der Waals surface area contributed by atoms with Crippen molar-refractivity contribution in [3.05, 3.63) is 5.75 Å². The third kappa shape index (κ3) is 5.42. The Morgan fingerprint density at radius 1 is 1.62 bits per heavy atom. The molecule has 8 heavy (non-hydrogen) atoms. The molecule has 2 N–H and O–H groups in total. The van der Waals surface area contributed by atoms with Crippen molar-refractivity contribution in [1.82, 2.24) is 0 Å². The van der Waals surface area contributed by atoms with Crippen molar-refractivity contribution in [2.75, 3.05) is 6.26 Å². The second kappa shape index (κ2) is 2.13. The fourth-order valence-corrected chi connectivity index (χ4v) is 0.633. The molecule has 0 unspecified atom stereocenters. The summed E-state index contributed by atoms with van der Waals surface area (Å²) in [5, 5.41) is 0. The van der Waals surface area contributed by atoms with Crippen LogP contribution in [0, 0.1) is 5.75 Å². The highest BCUT2D eigenvalue weighted by Gasteiger charge is 2.06. The maximum absolute atomic E-state index is 10.1. The van der Waals surface area contributed by atoms with E-state index in [-0.39, 0.29) is 0 Å². The van der Waals surface area contributed by atoms with Gasteiger partial charge in [0.15, 0.2) is 15.6 Å². The van der Waals surface area contributed by atoms with E-state index in [0.29, 0.717) is 5.75 Å². The second-order valence-corrected chi connectivity index (χ2v) is 3.24. The summed E-state index contributed by atoms with van der Waals surface area (Å²) in [6.45, 7) is 0. The third-order valence-corrected chi connectivity index (χ3v) is 0.991. The van der Waals surface area contributed by atoms with Crippen molar-refractivity contribution >= 4 is 15.7 Å². The van der Waals surface area contributed by atoms with Crippen LogP contribution in [0.15, 0.2) is 0 Å². The Morgan fingerprint density at radius 3 is 2.00 bits per heavy atom. The van der Waals surface area contributed by atoms with Gasteiger partial charge in [0.1, 0.15) is 0 Å². The smallest absolute Gasteiger partial charge is 0.237 e. The van der Waals surface area contributed by atoms with Gasteiger partial charge in [-0.25, -0.2) is 8.42 Å². The van der Waals surface area contributed by atoms with E-state index in [1.54, 1.807) is 0 Å². The highest BCUT2D eigenvalue weighted by atomic mass is 32.2. The van der Waals surface area contributed by atoms with E-state index in [2.05, 4.69) is 5.73 Å². The summed E-state index contributed by atoms with van der Waals surface area (Å²) in [7, 11) is -3.32. The quantitative estimate of drug-likeness (QED) is 0.511. The lowest BCUT2D eigenvalue weighted by atomic mass is 10.8. The Bertz CT molecular complexity index is 181. The van der Waals surface area contributed by atoms with Crippen LogP contribution in [-0.2, 0) is 14.6 Å². The van der Waals surface area contributed by atoms with Crippen molar-refractivity contribution in [2.24, 2.45) is 5.73 Å². The molecule has 0 heterocycles. The number of nitrogens with two attached hydrogens (primary N) is 1. The Hall–Kier alpha value is -0.580. The normalized spacial score (nSPS) is 11.1. The lowest BCUT2D eigenvalue weighted by molar-refractivity contribution is -0.114. The van der Waals surface area contributed by atoms with Gasteiger partial charge in [-0.05, 0) is 0 Å². The predicted molar refractivity (Wildman–Crippen MR) is 28.3 cm³/mol. The van der Waals surface area contributed by atoms with E-state index >= 15 is 0 Å². The molecular weight excluding hydrogens is 130 g/mol. The van der Waals surface area contributed by atoms with Crippen molar-refractivity contribution in [3.63, 3.8) is 0 Å². The molecule has 0 aliphatic carbocycles. The minimum atomic E-state index is -3.32. The number of sulfone groups is 1. The van der Waals surface area contributed by atoms with Crippen LogP contribution in [0.1, 0.15) is 0 Å². The first-order valence-electron chi connectivity index (χ1n) is 1.76. The number of carbonyl (C=O) groups is 1. The van der Waals surface area contributed by atoms with Gasteiger partial charge in [-0.15, -0.1) is 0 Å². The van der Waals surface area contributed by atoms with Gasteiger partial charge in [-0.1, -0.05) is 0 Å². The summed E-state index contributed by atoms with van der Waals surface area (Å²) in [5.41, 5.74) is 4.50. The Labute approximate surface area is 47.6 Å². The summed E-state index contributed by atoms with van der Waals surface area (Å²) in [5.74, 6) is -0.472. The lowest BCUT2D eigenvalue weighted by Crippen LogP contribution is -2.16. The topological polar surface area (TPSA) is 77.2 Å². The summed E-state index contributed by atoms with van der Waals surface area (Å²) < 4.78 is 20.2. The molecule has 0 aromatic heterocycles. The highest BCUT2D eigenvalue weighted by Crippen LogP contribution is 1.85. The molecule has 1 radical (unpaired) electrons. The van der Waals surface area contributed by atoms with Gasteiger partial charge >= 0.3 is 0 Å². The maximum Gasteiger partial charge on any atom is 0.237 e. The molecule has 0 aliphatic rings. The number of carbonyl (C=O) groups excluding carboxylic acids is 1. The molecule has 1 amide bonds. The summed E-state index contributed by atoms with van der Waals surface area (Å²) in [6, 6.07) is 0. The van der Waals surface area contributed by atoms with E-state index in [1.165, 1.54) is 0 Å². The van der Waals surface area contributed by atoms with Crippen LogP contribution in [0.5, 0.6) is 0 Å². The van der Waals surface area contributed by atoms with E-state index < -0.39 is 15.7 Å². The number of hydrogen-bond acceptors (Lipinski definition) is 3. The van der Waals surface area contributed by atoms with Crippen molar-refractivity contribution in [1.29, 1.82) is 0 Å². The van der Waals surface area contributed by atoms with Crippen LogP contribution in [-0.4, -0.2) is 20.6 Å². The molecule has 0 rings (SSSR count). The number of rotatable bonds is 2. The van der Waals surface area contributed by atoms with Gasteiger partial charge in [0, 0.05) is 6.26 Å². The molecular formula is C3H6NO3S. The summed E-state index contributed by atoms with van der Waals surface area (Å²) >= 11 is 0. The first kappa shape index (κ1) is 7.42. The molecule has 0 aromatic rings. The summed E-state index contributed by atoms with van der Waals surface area (Å²) in [4.78, 5) is 9.80. The van der Waals surface area contributed by atoms with Crippen LogP contribution < -0.4 is 5.73 Å². The Morgan fingerprint density at radius 2 is 2.00 bits per heavy atom. The second-order valence-electron chi connectivity index (χ2n) is 1.35. The van der Waals surface area contributed by atoms with Crippen LogP contribution in [0.4, 0.5) is 0 Å². The zero-order valence-electron chi connectivity index (χ0n) is 4.29. The van der Waals surface area contributed by atoms with Gasteiger partial charge in [-0.3, -0.25) is 4.79 Å². The SMILES string of the molecule is CS(=O)(=O)[CH]C(N)=O. The zero-order chi connectivity index (χ0) is 6.78. The first-order chi connectivity index (χ1) is 3.42. The lowest BCUT2D eigenvalue weighted by Gasteiger charge is -1.86. The molecule has 0 aromatic carbocycles. The van der Waals surface area contributed by atoms with Gasteiger partial charge < -0.3 is 5.73 Å². The van der Waals surface area contributed by atoms with Crippen molar-refractivity contribution < 1.29 is 13.2 Å². The monoisotopic (exact) mass is 136 g/mol. The Kier molecular flexibility index (Phi) is 1.97. The fraction of sp³-hybridized carbons (Fsp3) is 0.333. The molecule has 0 bridgehead atoms. The van der Waals surface area contributed by atoms with Crippen molar-refractivity contribution in [2.45, 2.75) is 0 Å². The molecule has 47 valence electrons. The average molecular weight is 136 g/mol. The molecule has 4 nitrogen and oxygen atoms in total. The highest BCUT2D eigenvalue weighted by molar-refractivity contribution is 7.93. The molecule has 0 saturated carbocycles. The average Bonchev–Trinajstić information content (AvgIpc) is 1.21. The number of primary amides is 1. The fourth-order valence-electron chi connectivity index (χ4n) is 0.211. The van der Waals surface area contributed by atoms with E-state index in [4.69, 9.17) is 0 Å². The summed E-state index contributed by atoms with van der Waals surface area (Å²) in [6.07, 6.45) is 0.901. The van der Waals surface area contributed by atoms with Crippen molar-refractivity contribution in [3.8, 4) is 0 Å². The minimum Gasteiger partial charge on any atom is -0.368 e. The van der Waals surface area contributed by atoms with Gasteiger partial charge in [-0.2, -0.15) is 0 Å². The van der Waals surface area contributed by atoms with Gasteiger partial charge in [0.25, 0.3) is 0 Å². The third-order valence-electron chi connectivity index (χ3n) is 0.330. The van der Waals surface area contributed by atoms with E-state index in [1.807, 2.05) is 0 Å². The maximum atomic E-state index is 10.1. The standard InChI is InChI=1S/C3H6NO3S/c1-8(6,7)2-3(4)5/h2H,1H3,(H2,4,5). The van der Waals surface area contributed by atoms with E-state index in [0.717, 1.165) is 6.26 Å². The zero-order valence-corrected chi connectivity index (χ0v) is 5.10. The largest absolute Gasteiger partial charge is 0.368 e. The predicted octanol–water partition coefficient (Wildman–Crippen LogP) is -1.32. The molecule has 0 saturated heterocycles. The molecule has 0 aliphatic heterocycles. The molecule has 5 heteroatoms. The van der Waals surface area contributed by atoms with Crippen LogP contribution >= 0.6 is 0 Å². The van der Waals surface area contributed by atoms with Crippen LogP contribution in [0.3, 0.4) is 0 Å². The number of amides is 1. The van der Waals surface area contributed by atoms with Crippen LogP contribution in [0.2, 0.25) is 0 Å². The van der Waals surface area contributed by atoms with E-state index in [9.17, 15) is 13.2 Å². The van der Waals surface area contributed by atoms with Gasteiger partial charge in [0.05, 0.1) is 0 Å². The number of hydrogen-bond donors (Lipinski definition) is 1. The molecule has 0 fully saturated rings. The molecule has 0 spiro atoms. The first-order valence-corrected chi connectivity index (χ1v) is 3.71. The minimum absolute atomic E-state index is 0.465. The van der Waals surface area contributed by atoms with Crippen LogP contribution in [0.25, 0.3) is 0 Å².